The molecule has 0 bridgehead atoms. The molecule has 1 aliphatic heterocycles. The number of likely N-dealkylation sites (tertiary alicyclic amines) is 1. The molecule has 1 heterocycles. The maximum Gasteiger partial charge on any atom is 0.229 e. The van der Waals surface area contributed by atoms with Crippen LogP contribution in [0.4, 0.5) is 0 Å². The highest BCUT2D eigenvalue weighted by Crippen LogP contribution is 2.32. The lowest BCUT2D eigenvalue weighted by molar-refractivity contribution is -0.151. The number of aliphatic hydroxyl groups excluding tert-OH is 2. The van der Waals surface area contributed by atoms with Crippen molar-refractivity contribution >= 4 is 11.8 Å². The SMILES string of the molecule is O=C1CC(C[C@H](O)C2CCCCC2O)CC(=O)N1Cc1ccccc1. The fourth-order valence-electron chi connectivity index (χ4n) is 4.14. The molecule has 1 saturated carbocycles. The lowest BCUT2D eigenvalue weighted by Gasteiger charge is -2.35. The summed E-state index contributed by atoms with van der Waals surface area (Å²) in [5.41, 5.74) is 0.938. The van der Waals surface area contributed by atoms with Gasteiger partial charge in [-0.1, -0.05) is 43.2 Å². The lowest BCUT2D eigenvalue weighted by atomic mass is 9.78. The molecule has 2 aliphatic rings. The molecule has 2 amide bonds. The highest BCUT2D eigenvalue weighted by molar-refractivity contribution is 5.97. The molecule has 2 N–H and O–H groups in total. The van der Waals surface area contributed by atoms with Gasteiger partial charge < -0.3 is 10.2 Å². The molecule has 2 unspecified atom stereocenters. The number of nitrogens with zero attached hydrogens (tertiary/aromatic N) is 1. The first-order chi connectivity index (χ1) is 12.0. The largest absolute Gasteiger partial charge is 0.393 e. The summed E-state index contributed by atoms with van der Waals surface area (Å²) in [6, 6.07) is 9.49. The molecule has 1 saturated heterocycles. The van der Waals surface area contributed by atoms with Crippen LogP contribution in [0.2, 0.25) is 0 Å². The average molecular weight is 345 g/mol. The van der Waals surface area contributed by atoms with E-state index in [-0.39, 0.29) is 23.7 Å². The number of benzene rings is 1. The number of carbonyl (C=O) groups excluding carboxylic acids is 2. The van der Waals surface area contributed by atoms with Gasteiger partial charge in [0.2, 0.25) is 11.8 Å². The maximum absolute atomic E-state index is 12.4. The third kappa shape index (κ3) is 4.47. The smallest absolute Gasteiger partial charge is 0.229 e. The number of carbonyl (C=O) groups is 2. The molecule has 2 fully saturated rings. The maximum atomic E-state index is 12.4. The van der Waals surface area contributed by atoms with Crippen LogP contribution >= 0.6 is 0 Å². The molecule has 1 aromatic rings. The molecule has 3 rings (SSSR count). The van der Waals surface area contributed by atoms with E-state index in [2.05, 4.69) is 0 Å². The Balaban J connectivity index is 1.56. The van der Waals surface area contributed by atoms with Gasteiger partial charge in [-0.2, -0.15) is 0 Å². The zero-order valence-corrected chi connectivity index (χ0v) is 14.5. The van der Waals surface area contributed by atoms with E-state index >= 15 is 0 Å². The molecule has 0 aromatic heterocycles. The van der Waals surface area contributed by atoms with Gasteiger partial charge in [-0.25, -0.2) is 0 Å². The number of aliphatic hydroxyl groups is 2. The van der Waals surface area contributed by atoms with E-state index in [1.165, 1.54) is 4.90 Å². The molecule has 1 aliphatic carbocycles. The van der Waals surface area contributed by atoms with Gasteiger partial charge in [0.15, 0.2) is 0 Å². The summed E-state index contributed by atoms with van der Waals surface area (Å²) in [7, 11) is 0. The molecule has 3 atom stereocenters. The van der Waals surface area contributed by atoms with E-state index < -0.39 is 12.2 Å². The van der Waals surface area contributed by atoms with E-state index in [0.29, 0.717) is 25.8 Å². The van der Waals surface area contributed by atoms with Crippen molar-refractivity contribution in [3.63, 3.8) is 0 Å². The molecular formula is C20H27NO4. The third-order valence-corrected chi connectivity index (χ3v) is 5.56. The van der Waals surface area contributed by atoms with Gasteiger partial charge in [-0.05, 0) is 30.7 Å². The first-order valence-corrected chi connectivity index (χ1v) is 9.28. The Morgan fingerprint density at radius 2 is 1.68 bits per heavy atom. The fraction of sp³-hybridized carbons (Fsp3) is 0.600. The molecule has 136 valence electrons. The van der Waals surface area contributed by atoms with Crippen molar-refractivity contribution in [2.45, 2.75) is 63.7 Å². The van der Waals surface area contributed by atoms with Gasteiger partial charge in [0.1, 0.15) is 0 Å². The highest BCUT2D eigenvalue weighted by atomic mass is 16.3. The van der Waals surface area contributed by atoms with Gasteiger partial charge >= 0.3 is 0 Å². The fourth-order valence-corrected chi connectivity index (χ4v) is 4.14. The molecule has 1 aromatic carbocycles. The van der Waals surface area contributed by atoms with E-state index in [0.717, 1.165) is 31.2 Å². The molecular weight excluding hydrogens is 318 g/mol. The van der Waals surface area contributed by atoms with E-state index in [1.807, 2.05) is 30.3 Å². The monoisotopic (exact) mass is 345 g/mol. The minimum atomic E-state index is -0.637. The van der Waals surface area contributed by atoms with Gasteiger partial charge in [-0.3, -0.25) is 14.5 Å². The Kier molecular flexibility index (Phi) is 5.86. The first kappa shape index (κ1) is 18.1. The van der Waals surface area contributed by atoms with Crippen LogP contribution in [-0.4, -0.2) is 39.1 Å². The summed E-state index contributed by atoms with van der Waals surface area (Å²) in [5.74, 6) is -0.583. The first-order valence-electron chi connectivity index (χ1n) is 9.28. The van der Waals surface area contributed by atoms with Gasteiger partial charge in [0.25, 0.3) is 0 Å². The summed E-state index contributed by atoms with van der Waals surface area (Å²) in [6.07, 6.45) is 3.46. The second-order valence-electron chi connectivity index (χ2n) is 7.45. The van der Waals surface area contributed by atoms with Crippen LogP contribution in [0, 0.1) is 11.8 Å². The van der Waals surface area contributed by atoms with Gasteiger partial charge in [0.05, 0.1) is 18.8 Å². The second-order valence-corrected chi connectivity index (χ2v) is 7.45. The van der Waals surface area contributed by atoms with Crippen molar-refractivity contribution in [3.8, 4) is 0 Å². The zero-order chi connectivity index (χ0) is 17.8. The summed E-state index contributed by atoms with van der Waals surface area (Å²) < 4.78 is 0. The predicted molar refractivity (Wildman–Crippen MR) is 93.3 cm³/mol. The van der Waals surface area contributed by atoms with Crippen molar-refractivity contribution in [3.05, 3.63) is 35.9 Å². The van der Waals surface area contributed by atoms with Crippen molar-refractivity contribution in [2.24, 2.45) is 11.8 Å². The van der Waals surface area contributed by atoms with Crippen molar-refractivity contribution in [1.29, 1.82) is 0 Å². The second kappa shape index (κ2) is 8.11. The van der Waals surface area contributed by atoms with E-state index in [4.69, 9.17) is 0 Å². The Morgan fingerprint density at radius 3 is 2.32 bits per heavy atom. The summed E-state index contributed by atoms with van der Waals surface area (Å²) in [6.45, 7) is 0.315. The van der Waals surface area contributed by atoms with Gasteiger partial charge in [-0.15, -0.1) is 0 Å². The zero-order valence-electron chi connectivity index (χ0n) is 14.5. The standard InChI is InChI=1S/C20H27NO4/c22-17-9-5-4-8-16(17)18(23)10-15-11-19(24)21(20(25)12-15)13-14-6-2-1-3-7-14/h1-3,6-7,15-18,22-23H,4-5,8-13H2/t16?,17?,18-/m0/s1. The average Bonchev–Trinajstić information content (AvgIpc) is 2.59. The number of hydrogen-bond donors (Lipinski definition) is 2. The molecule has 5 nitrogen and oxygen atoms in total. The van der Waals surface area contributed by atoms with Crippen molar-refractivity contribution in [1.82, 2.24) is 4.90 Å². The summed E-state index contributed by atoms with van der Waals surface area (Å²) in [5, 5.41) is 20.6. The summed E-state index contributed by atoms with van der Waals surface area (Å²) >= 11 is 0. The molecule has 0 radical (unpaired) electrons. The lowest BCUT2D eigenvalue weighted by Crippen LogP contribution is -2.44. The van der Waals surface area contributed by atoms with Gasteiger partial charge in [0, 0.05) is 18.8 Å². The van der Waals surface area contributed by atoms with Crippen LogP contribution in [0.1, 0.15) is 50.5 Å². The van der Waals surface area contributed by atoms with E-state index in [9.17, 15) is 19.8 Å². The number of rotatable bonds is 5. The Bertz CT molecular complexity index is 585. The third-order valence-electron chi connectivity index (χ3n) is 5.56. The van der Waals surface area contributed by atoms with Crippen LogP contribution < -0.4 is 0 Å². The molecule has 0 spiro atoms. The number of imide groups is 1. The van der Waals surface area contributed by atoms with E-state index in [1.54, 1.807) is 0 Å². The van der Waals surface area contributed by atoms with Crippen molar-refractivity contribution in [2.75, 3.05) is 0 Å². The number of piperidine rings is 1. The Labute approximate surface area is 148 Å². The molecule has 25 heavy (non-hydrogen) atoms. The van der Waals surface area contributed by atoms with Crippen LogP contribution in [-0.2, 0) is 16.1 Å². The predicted octanol–water partition coefficient (Wildman–Crippen LogP) is 2.25. The number of amides is 2. The summed E-state index contributed by atoms with van der Waals surface area (Å²) in [4.78, 5) is 26.2. The van der Waals surface area contributed by atoms with Crippen LogP contribution in [0.25, 0.3) is 0 Å². The normalized spacial score (nSPS) is 26.7. The molecule has 5 heteroatoms. The van der Waals surface area contributed by atoms with Crippen LogP contribution in [0.3, 0.4) is 0 Å². The minimum Gasteiger partial charge on any atom is -0.393 e. The van der Waals surface area contributed by atoms with Crippen LogP contribution in [0.15, 0.2) is 30.3 Å². The minimum absolute atomic E-state index is 0.124. The Hall–Kier alpha value is -1.72. The highest BCUT2D eigenvalue weighted by Gasteiger charge is 2.36. The van der Waals surface area contributed by atoms with Crippen LogP contribution in [0.5, 0.6) is 0 Å². The number of hydrogen-bond acceptors (Lipinski definition) is 4. The Morgan fingerprint density at radius 1 is 1.04 bits per heavy atom. The quantitative estimate of drug-likeness (QED) is 0.803. The topological polar surface area (TPSA) is 77.8 Å². The van der Waals surface area contributed by atoms with Crippen molar-refractivity contribution < 1.29 is 19.8 Å².